The molecule has 1 aliphatic carbocycles. The van der Waals surface area contributed by atoms with Crippen LogP contribution in [0, 0.1) is 16.0 Å². The molecule has 0 amide bonds. The van der Waals surface area contributed by atoms with Crippen molar-refractivity contribution in [2.75, 3.05) is 18.5 Å². The molecule has 1 saturated carbocycles. The molecular formula is C32H39ClN3O2+. The second-order valence-electron chi connectivity index (χ2n) is 12.1. The van der Waals surface area contributed by atoms with Gasteiger partial charge in [0.05, 0.1) is 10.3 Å². The van der Waals surface area contributed by atoms with Crippen molar-refractivity contribution in [1.29, 1.82) is 0 Å². The van der Waals surface area contributed by atoms with Crippen LogP contribution in [0.1, 0.15) is 77.3 Å². The summed E-state index contributed by atoms with van der Waals surface area (Å²) in [7, 11) is 2.05. The lowest BCUT2D eigenvalue weighted by Gasteiger charge is -2.37. The number of fused-ring (bicyclic) bond motifs is 3. The van der Waals surface area contributed by atoms with Gasteiger partial charge in [0.15, 0.2) is 5.71 Å². The van der Waals surface area contributed by atoms with Gasteiger partial charge in [-0.05, 0) is 68.9 Å². The summed E-state index contributed by atoms with van der Waals surface area (Å²) < 4.78 is 2.17. The highest BCUT2D eigenvalue weighted by Crippen LogP contribution is 2.56. The molecule has 2 heterocycles. The Labute approximate surface area is 231 Å². The van der Waals surface area contributed by atoms with Crippen molar-refractivity contribution in [2.45, 2.75) is 77.0 Å². The fraction of sp³-hybridized carbons (Fsp3) is 0.469. The van der Waals surface area contributed by atoms with Gasteiger partial charge in [-0.2, -0.15) is 4.58 Å². The molecule has 0 aromatic heterocycles. The van der Waals surface area contributed by atoms with Crippen molar-refractivity contribution >= 4 is 34.4 Å². The Hall–Kier alpha value is -2.92. The van der Waals surface area contributed by atoms with Gasteiger partial charge in [-0.3, -0.25) is 10.1 Å². The van der Waals surface area contributed by atoms with Gasteiger partial charge in [0.1, 0.15) is 7.05 Å². The zero-order chi connectivity index (χ0) is 27.2. The predicted molar refractivity (Wildman–Crippen MR) is 157 cm³/mol. The maximum Gasteiger partial charge on any atom is 0.270 e. The summed E-state index contributed by atoms with van der Waals surface area (Å²) in [6.07, 6.45) is 13.9. The van der Waals surface area contributed by atoms with E-state index in [1.807, 2.05) is 12.1 Å². The van der Waals surface area contributed by atoms with Crippen molar-refractivity contribution in [3.8, 4) is 0 Å². The largest absolute Gasteiger partial charge is 0.344 e. The van der Waals surface area contributed by atoms with Crippen molar-refractivity contribution in [3.63, 3.8) is 0 Å². The number of hydrogen-bond donors (Lipinski definition) is 0. The van der Waals surface area contributed by atoms with E-state index in [0.717, 1.165) is 47.8 Å². The summed E-state index contributed by atoms with van der Waals surface area (Å²) in [6, 6.07) is 11.6. The van der Waals surface area contributed by atoms with E-state index in [4.69, 9.17) is 11.6 Å². The number of nitro groups is 1. The number of nitro benzene ring substituents is 1. The Morgan fingerprint density at radius 2 is 1.84 bits per heavy atom. The molecule has 0 saturated heterocycles. The van der Waals surface area contributed by atoms with Crippen LogP contribution in [0.4, 0.5) is 17.1 Å². The lowest BCUT2D eigenvalue weighted by atomic mass is 9.68. The third kappa shape index (κ3) is 4.39. The molecule has 1 fully saturated rings. The van der Waals surface area contributed by atoms with Gasteiger partial charge in [0.25, 0.3) is 5.69 Å². The summed E-state index contributed by atoms with van der Waals surface area (Å²) in [5, 5.41) is 12.2. The molecule has 0 unspecified atom stereocenters. The zero-order valence-electron chi connectivity index (χ0n) is 23.3. The molecule has 2 aromatic rings. The molecular weight excluding hydrogens is 494 g/mol. The van der Waals surface area contributed by atoms with E-state index in [2.05, 4.69) is 74.6 Å². The van der Waals surface area contributed by atoms with E-state index in [9.17, 15) is 10.1 Å². The van der Waals surface area contributed by atoms with Gasteiger partial charge in [-0.25, -0.2) is 0 Å². The minimum atomic E-state index is -0.336. The Bertz CT molecular complexity index is 1360. The third-order valence-corrected chi connectivity index (χ3v) is 9.15. The summed E-state index contributed by atoms with van der Waals surface area (Å²) in [6.45, 7) is 9.86. The quantitative estimate of drug-likeness (QED) is 0.213. The van der Waals surface area contributed by atoms with Crippen LogP contribution in [0.3, 0.4) is 0 Å². The van der Waals surface area contributed by atoms with Crippen LogP contribution in [0.25, 0.3) is 0 Å². The Morgan fingerprint density at radius 1 is 1.11 bits per heavy atom. The number of allylic oxidation sites excluding steroid dienone is 4. The van der Waals surface area contributed by atoms with E-state index < -0.39 is 0 Å². The molecule has 6 heteroatoms. The molecule has 38 heavy (non-hydrogen) atoms. The molecule has 1 spiro atoms. The van der Waals surface area contributed by atoms with Crippen LogP contribution >= 0.6 is 11.6 Å². The summed E-state index contributed by atoms with van der Waals surface area (Å²) in [5.74, 6) is 0.622. The first kappa shape index (κ1) is 26.7. The van der Waals surface area contributed by atoms with E-state index in [1.165, 1.54) is 36.2 Å². The second-order valence-corrected chi connectivity index (χ2v) is 12.5. The molecule has 5 rings (SSSR count). The number of rotatable bonds is 6. The van der Waals surface area contributed by atoms with Crippen LogP contribution in [0.5, 0.6) is 0 Å². The van der Waals surface area contributed by atoms with E-state index >= 15 is 0 Å². The summed E-state index contributed by atoms with van der Waals surface area (Å²) >= 11 is 6.56. The highest BCUT2D eigenvalue weighted by Gasteiger charge is 2.47. The molecule has 200 valence electrons. The SMILES string of the molecule is CC(C)CCN1/C(=C/C=C/C2=[N+](C)c3ccc([N+](=O)[O-])cc3C2(C)C)C2(CCCCC2)c2cc(Cl)ccc21. The van der Waals surface area contributed by atoms with E-state index in [1.54, 1.807) is 12.1 Å². The second kappa shape index (κ2) is 10.00. The maximum absolute atomic E-state index is 11.4. The Morgan fingerprint density at radius 3 is 2.53 bits per heavy atom. The van der Waals surface area contributed by atoms with E-state index in [-0.39, 0.29) is 21.4 Å². The van der Waals surface area contributed by atoms with Gasteiger partial charge < -0.3 is 4.90 Å². The monoisotopic (exact) mass is 532 g/mol. The number of hydrogen-bond acceptors (Lipinski definition) is 3. The molecule has 0 radical (unpaired) electrons. The maximum atomic E-state index is 11.4. The van der Waals surface area contributed by atoms with E-state index in [0.29, 0.717) is 5.92 Å². The van der Waals surface area contributed by atoms with Crippen molar-refractivity contribution in [2.24, 2.45) is 5.92 Å². The molecule has 0 N–H and O–H groups in total. The smallest absolute Gasteiger partial charge is 0.270 e. The molecule has 3 aliphatic rings. The lowest BCUT2D eigenvalue weighted by molar-refractivity contribution is -0.402. The fourth-order valence-electron chi connectivity index (χ4n) is 6.88. The highest BCUT2D eigenvalue weighted by molar-refractivity contribution is 6.30. The average molecular weight is 533 g/mol. The lowest BCUT2D eigenvalue weighted by Crippen LogP contribution is -2.34. The van der Waals surface area contributed by atoms with Crippen LogP contribution in [0.15, 0.2) is 60.3 Å². The van der Waals surface area contributed by atoms with Gasteiger partial charge in [-0.15, -0.1) is 0 Å². The van der Waals surface area contributed by atoms with Gasteiger partial charge in [0, 0.05) is 58.2 Å². The van der Waals surface area contributed by atoms with Crippen LogP contribution in [0.2, 0.25) is 5.02 Å². The van der Waals surface area contributed by atoms with Gasteiger partial charge in [0.2, 0.25) is 5.69 Å². The molecule has 2 aliphatic heterocycles. The number of benzene rings is 2. The first-order valence-electron chi connectivity index (χ1n) is 13.9. The third-order valence-electron chi connectivity index (χ3n) is 8.92. The fourth-order valence-corrected chi connectivity index (χ4v) is 7.05. The first-order chi connectivity index (χ1) is 18.1. The number of halogens is 1. The summed E-state index contributed by atoms with van der Waals surface area (Å²) in [5.41, 5.74) is 7.04. The topological polar surface area (TPSA) is 49.4 Å². The normalized spacial score (nSPS) is 20.7. The van der Waals surface area contributed by atoms with Crippen LogP contribution in [-0.4, -0.2) is 28.8 Å². The van der Waals surface area contributed by atoms with Crippen molar-refractivity contribution in [1.82, 2.24) is 0 Å². The van der Waals surface area contributed by atoms with Crippen LogP contribution in [-0.2, 0) is 10.8 Å². The predicted octanol–water partition coefficient (Wildman–Crippen LogP) is 8.46. The van der Waals surface area contributed by atoms with Crippen molar-refractivity contribution < 1.29 is 9.50 Å². The first-order valence-corrected chi connectivity index (χ1v) is 14.3. The van der Waals surface area contributed by atoms with Crippen LogP contribution < -0.4 is 4.90 Å². The van der Waals surface area contributed by atoms with Gasteiger partial charge in [-0.1, -0.05) is 50.8 Å². The Balaban J connectivity index is 1.56. The number of nitrogens with zero attached hydrogens (tertiary/aromatic N) is 3. The highest BCUT2D eigenvalue weighted by atomic mass is 35.5. The molecule has 5 nitrogen and oxygen atoms in total. The molecule has 0 atom stereocenters. The molecule has 0 bridgehead atoms. The van der Waals surface area contributed by atoms with Crippen molar-refractivity contribution in [3.05, 3.63) is 86.6 Å². The number of anilines is 1. The summed E-state index contributed by atoms with van der Waals surface area (Å²) in [4.78, 5) is 13.7. The molecule has 2 aromatic carbocycles. The minimum Gasteiger partial charge on any atom is -0.344 e. The minimum absolute atomic E-state index is 0.00510. The Kier molecular flexibility index (Phi) is 7.02. The zero-order valence-corrected chi connectivity index (χ0v) is 24.0. The average Bonchev–Trinajstić information content (AvgIpc) is 3.23. The van der Waals surface area contributed by atoms with Gasteiger partial charge >= 0.3 is 0 Å². The standard InChI is InChI=1S/C32H39ClN3O2/c1-22(2)16-19-35-28-14-12-23(33)20-26(28)32(17-7-6-8-18-32)30(35)11-9-10-29-31(3,4)25-21-24(36(37)38)13-15-27(25)34(29)5/h9-15,20-22H,6-8,16-19H2,1-5H3/q+1. The number of non-ortho nitro benzene ring substituents is 1.